The van der Waals surface area contributed by atoms with E-state index in [1.165, 1.54) is 12.1 Å². The van der Waals surface area contributed by atoms with Crippen molar-refractivity contribution in [3.05, 3.63) is 65.9 Å². The Morgan fingerprint density at radius 1 is 1.24 bits per heavy atom. The molecule has 0 saturated heterocycles. The molecule has 0 aliphatic carbocycles. The van der Waals surface area contributed by atoms with Gasteiger partial charge in [0.25, 0.3) is 0 Å². The van der Waals surface area contributed by atoms with Gasteiger partial charge in [-0.25, -0.2) is 4.39 Å². The number of rotatable bonds is 5. The Morgan fingerprint density at radius 3 is 2.92 bits per heavy atom. The zero-order chi connectivity index (χ0) is 17.6. The predicted molar refractivity (Wildman–Crippen MR) is 95.9 cm³/mol. The summed E-state index contributed by atoms with van der Waals surface area (Å²) in [6, 6.07) is 12.4. The van der Waals surface area contributed by atoms with Gasteiger partial charge in [0, 0.05) is 39.8 Å². The molecule has 2 heterocycles. The fraction of sp³-hybridized carbons (Fsp3) is 0.278. The van der Waals surface area contributed by atoms with Gasteiger partial charge >= 0.3 is 0 Å². The average Bonchev–Trinajstić information content (AvgIpc) is 3.02. The Kier molecular flexibility index (Phi) is 5.23. The highest BCUT2D eigenvalue weighted by Crippen LogP contribution is 2.07. The molecule has 3 aromatic rings. The molecule has 1 aromatic carbocycles. The second-order valence-electron chi connectivity index (χ2n) is 5.76. The minimum Gasteiger partial charge on any atom is -0.356 e. The summed E-state index contributed by atoms with van der Waals surface area (Å²) in [5, 5.41) is 11.7. The number of aliphatic imine (C=N–C) groups is 1. The van der Waals surface area contributed by atoms with Gasteiger partial charge in [-0.3, -0.25) is 9.39 Å². The third-order valence-corrected chi connectivity index (χ3v) is 3.90. The van der Waals surface area contributed by atoms with Gasteiger partial charge in [0.1, 0.15) is 11.6 Å². The van der Waals surface area contributed by atoms with Crippen LogP contribution in [0, 0.1) is 5.82 Å². The molecule has 0 unspecified atom stereocenters. The molecule has 0 amide bonds. The fourth-order valence-corrected chi connectivity index (χ4v) is 2.72. The summed E-state index contributed by atoms with van der Waals surface area (Å²) in [5.41, 5.74) is 1.74. The molecule has 0 fully saturated rings. The first-order valence-corrected chi connectivity index (χ1v) is 8.12. The first kappa shape index (κ1) is 16.9. The lowest BCUT2D eigenvalue weighted by Gasteiger charge is -2.22. The van der Waals surface area contributed by atoms with E-state index in [0.29, 0.717) is 13.1 Å². The third kappa shape index (κ3) is 4.12. The summed E-state index contributed by atoms with van der Waals surface area (Å²) in [7, 11) is 3.66. The van der Waals surface area contributed by atoms with Gasteiger partial charge in [-0.15, -0.1) is 10.2 Å². The molecule has 0 aliphatic heterocycles. The molecule has 0 spiro atoms. The highest BCUT2D eigenvalue weighted by Gasteiger charge is 2.09. The predicted octanol–water partition coefficient (Wildman–Crippen LogP) is 2.12. The number of hydrogen-bond donors (Lipinski definition) is 1. The maximum Gasteiger partial charge on any atom is 0.193 e. The van der Waals surface area contributed by atoms with Crippen LogP contribution >= 0.6 is 0 Å². The number of halogens is 1. The quantitative estimate of drug-likeness (QED) is 0.571. The molecule has 0 radical (unpaired) electrons. The molecule has 7 heteroatoms. The highest BCUT2D eigenvalue weighted by atomic mass is 19.1. The van der Waals surface area contributed by atoms with Gasteiger partial charge in [-0.05, 0) is 29.8 Å². The number of hydrogen-bond acceptors (Lipinski definition) is 3. The van der Waals surface area contributed by atoms with Crippen LogP contribution in [0.15, 0.2) is 53.7 Å². The minimum absolute atomic E-state index is 0.229. The third-order valence-electron chi connectivity index (χ3n) is 3.90. The summed E-state index contributed by atoms with van der Waals surface area (Å²) in [6.07, 6.45) is 2.67. The zero-order valence-electron chi connectivity index (χ0n) is 14.4. The Balaban J connectivity index is 1.57. The number of pyridine rings is 1. The highest BCUT2D eigenvalue weighted by molar-refractivity contribution is 5.79. The monoisotopic (exact) mass is 340 g/mol. The first-order chi connectivity index (χ1) is 12.2. The van der Waals surface area contributed by atoms with Crippen molar-refractivity contribution in [1.82, 2.24) is 24.8 Å². The van der Waals surface area contributed by atoms with Crippen LogP contribution in [0.2, 0.25) is 0 Å². The van der Waals surface area contributed by atoms with Crippen LogP contribution in [0.25, 0.3) is 5.65 Å². The van der Waals surface area contributed by atoms with Crippen LogP contribution in [0.4, 0.5) is 4.39 Å². The standard InChI is InChI=1S/C18H21FN6/c1-20-18(24(2)13-14-6-5-7-15(19)12-14)21-10-9-17-23-22-16-8-3-4-11-25(16)17/h3-8,11-12H,9-10,13H2,1-2H3,(H,20,21). The topological polar surface area (TPSA) is 57.8 Å². The Bertz CT molecular complexity index is 873. The van der Waals surface area contributed by atoms with Gasteiger partial charge in [-0.1, -0.05) is 18.2 Å². The van der Waals surface area contributed by atoms with Crippen molar-refractivity contribution in [2.45, 2.75) is 13.0 Å². The maximum absolute atomic E-state index is 13.3. The molecule has 0 aliphatic rings. The largest absolute Gasteiger partial charge is 0.356 e. The molecule has 0 saturated carbocycles. The normalized spacial score (nSPS) is 11.7. The second kappa shape index (κ2) is 7.74. The molecule has 3 rings (SSSR count). The van der Waals surface area contributed by atoms with Crippen molar-refractivity contribution >= 4 is 11.6 Å². The van der Waals surface area contributed by atoms with E-state index in [1.807, 2.05) is 46.8 Å². The van der Waals surface area contributed by atoms with Crippen LogP contribution in [0.5, 0.6) is 0 Å². The number of benzene rings is 1. The summed E-state index contributed by atoms with van der Waals surface area (Å²) < 4.78 is 15.3. The average molecular weight is 340 g/mol. The van der Waals surface area contributed by atoms with E-state index < -0.39 is 0 Å². The summed E-state index contributed by atoms with van der Waals surface area (Å²) in [6.45, 7) is 1.25. The van der Waals surface area contributed by atoms with E-state index in [9.17, 15) is 4.39 Å². The zero-order valence-corrected chi connectivity index (χ0v) is 14.4. The lowest BCUT2D eigenvalue weighted by molar-refractivity contribution is 0.474. The van der Waals surface area contributed by atoms with Crippen molar-refractivity contribution < 1.29 is 4.39 Å². The number of nitrogens with one attached hydrogen (secondary N) is 1. The van der Waals surface area contributed by atoms with E-state index >= 15 is 0 Å². The minimum atomic E-state index is -0.229. The number of aromatic nitrogens is 3. The molecule has 0 bridgehead atoms. The number of guanidine groups is 1. The van der Waals surface area contributed by atoms with Gasteiger partial charge in [0.2, 0.25) is 0 Å². The summed E-state index contributed by atoms with van der Waals surface area (Å²) in [5.74, 6) is 1.41. The molecule has 130 valence electrons. The number of fused-ring (bicyclic) bond motifs is 1. The molecule has 2 aromatic heterocycles. The van der Waals surface area contributed by atoms with Gasteiger partial charge in [0.05, 0.1) is 0 Å². The van der Waals surface area contributed by atoms with Crippen molar-refractivity contribution in [1.29, 1.82) is 0 Å². The molecule has 1 N–H and O–H groups in total. The lowest BCUT2D eigenvalue weighted by atomic mass is 10.2. The van der Waals surface area contributed by atoms with Crippen molar-refractivity contribution in [2.75, 3.05) is 20.6 Å². The maximum atomic E-state index is 13.3. The van der Waals surface area contributed by atoms with Crippen LogP contribution in [0.1, 0.15) is 11.4 Å². The fourth-order valence-electron chi connectivity index (χ4n) is 2.72. The lowest BCUT2D eigenvalue weighted by Crippen LogP contribution is -2.39. The van der Waals surface area contributed by atoms with Crippen LogP contribution in [0.3, 0.4) is 0 Å². The van der Waals surface area contributed by atoms with Gasteiger partial charge in [0.15, 0.2) is 11.6 Å². The molecular formula is C18H21FN6. The van der Waals surface area contributed by atoms with Gasteiger partial charge in [-0.2, -0.15) is 0 Å². The van der Waals surface area contributed by atoms with Crippen molar-refractivity contribution in [2.24, 2.45) is 4.99 Å². The van der Waals surface area contributed by atoms with Crippen molar-refractivity contribution in [3.63, 3.8) is 0 Å². The van der Waals surface area contributed by atoms with Crippen LogP contribution < -0.4 is 5.32 Å². The Labute approximate surface area is 146 Å². The van der Waals surface area contributed by atoms with Crippen LogP contribution in [-0.4, -0.2) is 46.1 Å². The molecule has 25 heavy (non-hydrogen) atoms. The summed E-state index contributed by atoms with van der Waals surface area (Å²) in [4.78, 5) is 6.24. The van der Waals surface area contributed by atoms with E-state index in [0.717, 1.165) is 29.4 Å². The molecule has 6 nitrogen and oxygen atoms in total. The molecule has 0 atom stereocenters. The Hall–Kier alpha value is -2.96. The smallest absolute Gasteiger partial charge is 0.193 e. The van der Waals surface area contributed by atoms with Crippen LogP contribution in [-0.2, 0) is 13.0 Å². The van der Waals surface area contributed by atoms with E-state index in [2.05, 4.69) is 20.5 Å². The number of nitrogens with zero attached hydrogens (tertiary/aromatic N) is 5. The van der Waals surface area contributed by atoms with E-state index in [-0.39, 0.29) is 5.82 Å². The van der Waals surface area contributed by atoms with Gasteiger partial charge < -0.3 is 10.2 Å². The molecular weight excluding hydrogens is 319 g/mol. The summed E-state index contributed by atoms with van der Waals surface area (Å²) >= 11 is 0. The SMILES string of the molecule is CN=C(NCCc1nnc2ccccn12)N(C)Cc1cccc(F)c1. The second-order valence-corrected chi connectivity index (χ2v) is 5.76. The van der Waals surface area contributed by atoms with Crippen molar-refractivity contribution in [3.8, 4) is 0 Å². The van der Waals surface area contributed by atoms with E-state index in [4.69, 9.17) is 0 Å². The first-order valence-electron chi connectivity index (χ1n) is 8.12. The van der Waals surface area contributed by atoms with E-state index in [1.54, 1.807) is 13.1 Å². The Morgan fingerprint density at radius 2 is 2.12 bits per heavy atom.